The molecule has 0 spiro atoms. The van der Waals surface area contributed by atoms with E-state index in [4.69, 9.17) is 9.47 Å². The van der Waals surface area contributed by atoms with Crippen LogP contribution in [0, 0.1) is 12.7 Å². The number of aryl methyl sites for hydroxylation is 1. The molecule has 2 heterocycles. The molecule has 0 bridgehead atoms. The summed E-state index contributed by atoms with van der Waals surface area (Å²) in [7, 11) is 1.34. The quantitative estimate of drug-likeness (QED) is 0.461. The number of esters is 1. The summed E-state index contributed by atoms with van der Waals surface area (Å²) in [5.74, 6) is -1.73. The number of carbonyl (C=O) groups excluding carboxylic acids is 2. The molecular weight excluding hydrogens is 377 g/mol. The zero-order chi connectivity index (χ0) is 18.7. The number of hydrogen-bond donors (Lipinski definition) is 0. The third kappa shape index (κ3) is 3.81. The van der Waals surface area contributed by atoms with E-state index in [1.54, 1.807) is 6.92 Å². The molecule has 0 fully saturated rings. The van der Waals surface area contributed by atoms with Crippen LogP contribution in [0.2, 0.25) is 0 Å². The third-order valence-corrected chi connectivity index (χ3v) is 5.43. The monoisotopic (exact) mass is 391 g/mol. The number of rotatable bonds is 6. The average Bonchev–Trinajstić information content (AvgIpc) is 3.28. The molecular formula is C18H14FNO4S2. The zero-order valence-corrected chi connectivity index (χ0v) is 15.6. The van der Waals surface area contributed by atoms with Crippen LogP contribution in [-0.4, -0.2) is 30.5 Å². The van der Waals surface area contributed by atoms with Crippen molar-refractivity contribution in [3.63, 3.8) is 0 Å². The molecule has 8 heteroatoms. The van der Waals surface area contributed by atoms with Gasteiger partial charge in [0.15, 0.2) is 24.0 Å². The summed E-state index contributed by atoms with van der Waals surface area (Å²) in [5.41, 5.74) is 1.59. The highest BCUT2D eigenvalue weighted by molar-refractivity contribution is 7.17. The molecule has 0 aliphatic carbocycles. The number of thiophene rings is 1. The zero-order valence-electron chi connectivity index (χ0n) is 13.9. The second-order valence-corrected chi connectivity index (χ2v) is 7.07. The number of aromatic nitrogens is 1. The van der Waals surface area contributed by atoms with Gasteiger partial charge in [0.05, 0.1) is 12.8 Å². The lowest BCUT2D eigenvalue weighted by Crippen LogP contribution is -2.14. The molecule has 134 valence electrons. The number of thiazole rings is 1. The molecule has 0 amide bonds. The van der Waals surface area contributed by atoms with Gasteiger partial charge in [0.25, 0.3) is 0 Å². The Labute approximate surface area is 157 Å². The standard InChI is InChI=1S/C18H14FNO4S2/c1-10-16(26-17(20-10)12-5-6-25-9-12)18(22)24-8-14(21)11-3-4-15(23-2)13(19)7-11/h3-7,9H,8H2,1-2H3. The molecule has 0 aliphatic heterocycles. The molecule has 0 atom stereocenters. The molecule has 0 radical (unpaired) electrons. The molecule has 0 saturated heterocycles. The summed E-state index contributed by atoms with van der Waals surface area (Å²) in [5, 5.41) is 4.59. The van der Waals surface area contributed by atoms with E-state index >= 15 is 0 Å². The molecule has 2 aromatic heterocycles. The average molecular weight is 391 g/mol. The number of ether oxygens (including phenoxy) is 2. The first-order valence-corrected chi connectivity index (χ1v) is 9.29. The largest absolute Gasteiger partial charge is 0.494 e. The Morgan fingerprint density at radius 3 is 2.73 bits per heavy atom. The predicted molar refractivity (Wildman–Crippen MR) is 97.7 cm³/mol. The summed E-state index contributed by atoms with van der Waals surface area (Å²) in [6.07, 6.45) is 0. The van der Waals surface area contributed by atoms with Crippen LogP contribution in [0.1, 0.15) is 25.7 Å². The summed E-state index contributed by atoms with van der Waals surface area (Å²) in [6, 6.07) is 5.75. The Hall–Kier alpha value is -2.58. The van der Waals surface area contributed by atoms with Crippen molar-refractivity contribution < 1.29 is 23.5 Å². The minimum atomic E-state index is -0.650. The predicted octanol–water partition coefficient (Wildman–Crippen LogP) is 4.37. The van der Waals surface area contributed by atoms with Crippen molar-refractivity contribution in [3.05, 3.63) is 57.0 Å². The minimum absolute atomic E-state index is 0.0415. The van der Waals surface area contributed by atoms with Crippen LogP contribution in [0.25, 0.3) is 10.6 Å². The number of halogens is 1. The van der Waals surface area contributed by atoms with E-state index in [0.29, 0.717) is 10.6 Å². The van der Waals surface area contributed by atoms with Gasteiger partial charge in [-0.3, -0.25) is 4.79 Å². The Morgan fingerprint density at radius 1 is 1.27 bits per heavy atom. The van der Waals surface area contributed by atoms with Gasteiger partial charge in [-0.25, -0.2) is 14.2 Å². The summed E-state index contributed by atoms with van der Waals surface area (Å²) in [4.78, 5) is 29.1. The van der Waals surface area contributed by atoms with E-state index in [0.717, 1.165) is 16.6 Å². The fourth-order valence-electron chi connectivity index (χ4n) is 2.22. The van der Waals surface area contributed by atoms with E-state index in [-0.39, 0.29) is 11.3 Å². The van der Waals surface area contributed by atoms with Crippen LogP contribution >= 0.6 is 22.7 Å². The fraction of sp³-hybridized carbons (Fsp3) is 0.167. The Morgan fingerprint density at radius 2 is 2.08 bits per heavy atom. The van der Waals surface area contributed by atoms with E-state index in [1.807, 2.05) is 16.8 Å². The SMILES string of the molecule is COc1ccc(C(=O)COC(=O)c2sc(-c3ccsc3)nc2C)cc1F. The smallest absolute Gasteiger partial charge is 0.350 e. The number of benzene rings is 1. The van der Waals surface area contributed by atoms with Gasteiger partial charge in [0.2, 0.25) is 0 Å². The summed E-state index contributed by atoms with van der Waals surface area (Å²) < 4.78 is 23.6. The van der Waals surface area contributed by atoms with Crippen molar-refractivity contribution in [1.29, 1.82) is 0 Å². The van der Waals surface area contributed by atoms with Gasteiger partial charge in [-0.15, -0.1) is 11.3 Å². The van der Waals surface area contributed by atoms with Crippen LogP contribution in [0.5, 0.6) is 5.75 Å². The van der Waals surface area contributed by atoms with Crippen LogP contribution in [-0.2, 0) is 4.74 Å². The van der Waals surface area contributed by atoms with E-state index in [1.165, 1.54) is 41.9 Å². The highest BCUT2D eigenvalue weighted by Crippen LogP contribution is 2.29. The lowest BCUT2D eigenvalue weighted by molar-refractivity contribution is 0.0478. The summed E-state index contributed by atoms with van der Waals surface area (Å²) in [6.45, 7) is 1.24. The number of methoxy groups -OCH3 is 1. The van der Waals surface area contributed by atoms with Crippen LogP contribution in [0.3, 0.4) is 0 Å². The molecule has 5 nitrogen and oxygen atoms in total. The van der Waals surface area contributed by atoms with Crippen molar-refractivity contribution in [3.8, 4) is 16.3 Å². The molecule has 1 aromatic carbocycles. The Balaban J connectivity index is 1.67. The van der Waals surface area contributed by atoms with E-state index in [2.05, 4.69) is 4.98 Å². The number of Topliss-reactive ketones (excluding diaryl/α,β-unsaturated/α-hetero) is 1. The molecule has 0 aliphatic rings. The number of hydrogen-bond acceptors (Lipinski definition) is 7. The lowest BCUT2D eigenvalue weighted by Gasteiger charge is -2.05. The van der Waals surface area contributed by atoms with E-state index < -0.39 is 24.2 Å². The molecule has 0 N–H and O–H groups in total. The number of ketones is 1. The van der Waals surface area contributed by atoms with Gasteiger partial charge in [-0.05, 0) is 36.6 Å². The Kier molecular flexibility index (Phi) is 5.43. The van der Waals surface area contributed by atoms with Crippen LogP contribution in [0.15, 0.2) is 35.0 Å². The van der Waals surface area contributed by atoms with Gasteiger partial charge < -0.3 is 9.47 Å². The number of carbonyl (C=O) groups is 2. The first-order valence-electron chi connectivity index (χ1n) is 7.53. The van der Waals surface area contributed by atoms with E-state index in [9.17, 15) is 14.0 Å². The fourth-order valence-corrected chi connectivity index (χ4v) is 3.89. The first kappa shape index (κ1) is 18.2. The van der Waals surface area contributed by atoms with Gasteiger partial charge in [-0.1, -0.05) is 0 Å². The van der Waals surface area contributed by atoms with Crippen LogP contribution < -0.4 is 4.74 Å². The Bertz CT molecular complexity index is 950. The maximum atomic E-state index is 13.7. The maximum Gasteiger partial charge on any atom is 0.350 e. The molecule has 0 unspecified atom stereocenters. The van der Waals surface area contributed by atoms with Crippen molar-refractivity contribution in [2.24, 2.45) is 0 Å². The third-order valence-electron chi connectivity index (χ3n) is 3.56. The molecule has 3 rings (SSSR count). The van der Waals surface area contributed by atoms with Gasteiger partial charge in [-0.2, -0.15) is 11.3 Å². The normalized spacial score (nSPS) is 10.6. The molecule has 3 aromatic rings. The maximum absolute atomic E-state index is 13.7. The van der Waals surface area contributed by atoms with Crippen LogP contribution in [0.4, 0.5) is 4.39 Å². The van der Waals surface area contributed by atoms with Crippen molar-refractivity contribution in [2.75, 3.05) is 13.7 Å². The lowest BCUT2D eigenvalue weighted by atomic mass is 10.1. The van der Waals surface area contributed by atoms with Crippen molar-refractivity contribution >= 4 is 34.4 Å². The van der Waals surface area contributed by atoms with Gasteiger partial charge in [0.1, 0.15) is 9.88 Å². The molecule has 26 heavy (non-hydrogen) atoms. The number of nitrogens with zero attached hydrogens (tertiary/aromatic N) is 1. The van der Waals surface area contributed by atoms with Gasteiger partial charge >= 0.3 is 5.97 Å². The highest BCUT2D eigenvalue weighted by atomic mass is 32.1. The second-order valence-electron chi connectivity index (χ2n) is 5.29. The molecule has 0 saturated carbocycles. The van der Waals surface area contributed by atoms with Gasteiger partial charge in [0, 0.05) is 16.5 Å². The topological polar surface area (TPSA) is 65.5 Å². The second kappa shape index (κ2) is 7.76. The van der Waals surface area contributed by atoms with Crippen molar-refractivity contribution in [2.45, 2.75) is 6.92 Å². The van der Waals surface area contributed by atoms with Crippen molar-refractivity contribution in [1.82, 2.24) is 4.98 Å². The minimum Gasteiger partial charge on any atom is -0.494 e. The highest BCUT2D eigenvalue weighted by Gasteiger charge is 2.19. The summed E-state index contributed by atoms with van der Waals surface area (Å²) >= 11 is 2.75. The first-order chi connectivity index (χ1) is 12.5.